The highest BCUT2D eigenvalue weighted by atomic mass is 35.5. The maximum Gasteiger partial charge on any atom is 0.0235 e. The highest BCUT2D eigenvalue weighted by Gasteiger charge is 2.23. The smallest absolute Gasteiger partial charge is 0.0235 e. The standard InChI is InChI=1S/C10H20ClN.ClH/c1-9-5-3-6-10(2)12(9)8-4-7-11;/h9-10H,3-8H2,1-2H3;1H/t9-,10+;. The van der Waals surface area contributed by atoms with Crippen molar-refractivity contribution in [3.8, 4) is 0 Å². The van der Waals surface area contributed by atoms with Crippen LogP contribution in [-0.2, 0) is 0 Å². The van der Waals surface area contributed by atoms with Gasteiger partial charge in [0, 0.05) is 18.0 Å². The van der Waals surface area contributed by atoms with Crippen molar-refractivity contribution in [1.29, 1.82) is 0 Å². The zero-order valence-corrected chi connectivity index (χ0v) is 10.2. The topological polar surface area (TPSA) is 3.24 Å². The Morgan fingerprint density at radius 3 is 2.23 bits per heavy atom. The van der Waals surface area contributed by atoms with Gasteiger partial charge in [-0.2, -0.15) is 0 Å². The van der Waals surface area contributed by atoms with Crippen LogP contribution in [0.2, 0.25) is 0 Å². The Bertz CT molecular complexity index is 120. The lowest BCUT2D eigenvalue weighted by Crippen LogP contribution is -2.44. The van der Waals surface area contributed by atoms with E-state index >= 15 is 0 Å². The largest absolute Gasteiger partial charge is 0.298 e. The molecule has 13 heavy (non-hydrogen) atoms. The predicted octanol–water partition coefficient (Wildman–Crippen LogP) is 3.30. The van der Waals surface area contributed by atoms with E-state index in [9.17, 15) is 0 Å². The van der Waals surface area contributed by atoms with E-state index in [-0.39, 0.29) is 12.4 Å². The van der Waals surface area contributed by atoms with Crippen molar-refractivity contribution < 1.29 is 0 Å². The molecule has 80 valence electrons. The minimum absolute atomic E-state index is 0. The molecular formula is C10H21Cl2N. The van der Waals surface area contributed by atoms with Crippen LogP contribution < -0.4 is 0 Å². The number of hydrogen-bond acceptors (Lipinski definition) is 1. The van der Waals surface area contributed by atoms with Crippen LogP contribution in [0.1, 0.15) is 39.5 Å². The van der Waals surface area contributed by atoms with Crippen molar-refractivity contribution >= 4 is 24.0 Å². The van der Waals surface area contributed by atoms with E-state index in [1.54, 1.807) is 0 Å². The summed E-state index contributed by atoms with van der Waals surface area (Å²) in [4.78, 5) is 2.60. The summed E-state index contributed by atoms with van der Waals surface area (Å²) in [6.45, 7) is 5.86. The zero-order valence-electron chi connectivity index (χ0n) is 8.63. The van der Waals surface area contributed by atoms with Crippen molar-refractivity contribution in [3.05, 3.63) is 0 Å². The average Bonchev–Trinajstić information content (AvgIpc) is 2.04. The van der Waals surface area contributed by atoms with Crippen LogP contribution in [0.5, 0.6) is 0 Å². The fourth-order valence-corrected chi connectivity index (χ4v) is 2.28. The first kappa shape index (κ1) is 13.5. The number of hydrogen-bond donors (Lipinski definition) is 0. The van der Waals surface area contributed by atoms with Gasteiger partial charge in [0.05, 0.1) is 0 Å². The molecule has 0 N–H and O–H groups in total. The molecular weight excluding hydrogens is 205 g/mol. The molecule has 1 fully saturated rings. The summed E-state index contributed by atoms with van der Waals surface area (Å²) in [5.41, 5.74) is 0. The van der Waals surface area contributed by atoms with Crippen molar-refractivity contribution in [3.63, 3.8) is 0 Å². The third kappa shape index (κ3) is 4.05. The van der Waals surface area contributed by atoms with Crippen LogP contribution in [0.4, 0.5) is 0 Å². The van der Waals surface area contributed by atoms with Crippen LogP contribution in [0.3, 0.4) is 0 Å². The lowest BCUT2D eigenvalue weighted by molar-refractivity contribution is 0.104. The van der Waals surface area contributed by atoms with E-state index in [2.05, 4.69) is 18.7 Å². The SMILES string of the molecule is C[C@@H]1CCC[C@H](C)N1CCCCl.Cl. The van der Waals surface area contributed by atoms with Gasteiger partial charge in [-0.05, 0) is 39.7 Å². The van der Waals surface area contributed by atoms with Crippen LogP contribution in [0.25, 0.3) is 0 Å². The zero-order chi connectivity index (χ0) is 8.97. The van der Waals surface area contributed by atoms with Crippen molar-refractivity contribution in [2.75, 3.05) is 12.4 Å². The average molecular weight is 226 g/mol. The van der Waals surface area contributed by atoms with Gasteiger partial charge in [0.1, 0.15) is 0 Å². The molecule has 0 aromatic heterocycles. The van der Waals surface area contributed by atoms with Crippen LogP contribution in [0.15, 0.2) is 0 Å². The number of piperidine rings is 1. The normalized spacial score (nSPS) is 29.8. The third-order valence-electron chi connectivity index (χ3n) is 2.93. The van der Waals surface area contributed by atoms with E-state index in [1.807, 2.05) is 0 Å². The van der Waals surface area contributed by atoms with Gasteiger partial charge in [0.2, 0.25) is 0 Å². The summed E-state index contributed by atoms with van der Waals surface area (Å²) in [6.07, 6.45) is 5.27. The Labute approximate surface area is 93.2 Å². The highest BCUT2D eigenvalue weighted by Crippen LogP contribution is 2.22. The molecule has 0 radical (unpaired) electrons. The van der Waals surface area contributed by atoms with Gasteiger partial charge in [-0.3, -0.25) is 4.90 Å². The van der Waals surface area contributed by atoms with Gasteiger partial charge in [-0.15, -0.1) is 24.0 Å². The summed E-state index contributed by atoms with van der Waals surface area (Å²) in [5, 5.41) is 0. The predicted molar refractivity (Wildman–Crippen MR) is 62.1 cm³/mol. The number of alkyl halides is 1. The van der Waals surface area contributed by atoms with Crippen molar-refractivity contribution in [1.82, 2.24) is 4.90 Å². The van der Waals surface area contributed by atoms with E-state index in [0.717, 1.165) is 24.4 Å². The van der Waals surface area contributed by atoms with Gasteiger partial charge in [0.25, 0.3) is 0 Å². The molecule has 1 aliphatic rings. The Hall–Kier alpha value is 0.540. The fourth-order valence-electron chi connectivity index (χ4n) is 2.16. The molecule has 2 atom stereocenters. The second-order valence-electron chi connectivity index (χ2n) is 3.91. The molecule has 0 bridgehead atoms. The first-order valence-electron chi connectivity index (χ1n) is 5.07. The first-order valence-corrected chi connectivity index (χ1v) is 5.61. The number of nitrogens with zero attached hydrogens (tertiary/aromatic N) is 1. The van der Waals surface area contributed by atoms with Crippen LogP contribution in [0, 0.1) is 0 Å². The second kappa shape index (κ2) is 6.92. The number of halogens is 2. The molecule has 0 aromatic rings. The Kier molecular flexibility index (Phi) is 7.20. The van der Waals surface area contributed by atoms with Gasteiger partial charge in [-0.25, -0.2) is 0 Å². The third-order valence-corrected chi connectivity index (χ3v) is 3.19. The number of rotatable bonds is 3. The molecule has 0 aliphatic carbocycles. The quantitative estimate of drug-likeness (QED) is 0.667. The summed E-state index contributed by atoms with van der Waals surface area (Å²) in [7, 11) is 0. The number of likely N-dealkylation sites (tertiary alicyclic amines) is 1. The monoisotopic (exact) mass is 225 g/mol. The van der Waals surface area contributed by atoms with Gasteiger partial charge < -0.3 is 0 Å². The fraction of sp³-hybridized carbons (Fsp3) is 1.00. The van der Waals surface area contributed by atoms with E-state index < -0.39 is 0 Å². The molecule has 1 nitrogen and oxygen atoms in total. The van der Waals surface area contributed by atoms with Crippen LogP contribution >= 0.6 is 24.0 Å². The van der Waals surface area contributed by atoms with E-state index in [0.29, 0.717) is 0 Å². The molecule has 0 amide bonds. The van der Waals surface area contributed by atoms with Gasteiger partial charge in [0.15, 0.2) is 0 Å². The lowest BCUT2D eigenvalue weighted by atomic mass is 9.97. The maximum absolute atomic E-state index is 5.69. The molecule has 0 saturated carbocycles. The molecule has 1 saturated heterocycles. The van der Waals surface area contributed by atoms with Gasteiger partial charge >= 0.3 is 0 Å². The van der Waals surface area contributed by atoms with Crippen molar-refractivity contribution in [2.45, 2.75) is 51.6 Å². The van der Waals surface area contributed by atoms with Crippen molar-refractivity contribution in [2.24, 2.45) is 0 Å². The molecule has 0 spiro atoms. The Morgan fingerprint density at radius 2 is 1.77 bits per heavy atom. The highest BCUT2D eigenvalue weighted by molar-refractivity contribution is 6.17. The minimum atomic E-state index is 0. The van der Waals surface area contributed by atoms with E-state index in [1.165, 1.54) is 25.8 Å². The first-order chi connectivity index (χ1) is 5.75. The molecule has 1 heterocycles. The molecule has 1 rings (SSSR count). The summed E-state index contributed by atoms with van der Waals surface area (Å²) in [6, 6.07) is 1.55. The molecule has 3 heteroatoms. The molecule has 1 aliphatic heterocycles. The molecule has 0 unspecified atom stereocenters. The Morgan fingerprint density at radius 1 is 1.23 bits per heavy atom. The summed E-state index contributed by atoms with van der Waals surface area (Å²) in [5.74, 6) is 0.802. The summed E-state index contributed by atoms with van der Waals surface area (Å²) < 4.78 is 0. The maximum atomic E-state index is 5.69. The second-order valence-corrected chi connectivity index (χ2v) is 4.29. The van der Waals surface area contributed by atoms with Crippen LogP contribution in [-0.4, -0.2) is 29.4 Å². The summed E-state index contributed by atoms with van der Waals surface area (Å²) >= 11 is 5.69. The minimum Gasteiger partial charge on any atom is -0.298 e. The Balaban J connectivity index is 0.00000144. The van der Waals surface area contributed by atoms with E-state index in [4.69, 9.17) is 11.6 Å². The molecule has 0 aromatic carbocycles. The lowest BCUT2D eigenvalue weighted by Gasteiger charge is -2.38. The van der Waals surface area contributed by atoms with Gasteiger partial charge in [-0.1, -0.05) is 6.42 Å².